The molecule has 100 valence electrons. The third kappa shape index (κ3) is 4.91. The summed E-state index contributed by atoms with van der Waals surface area (Å²) >= 11 is 0. The molecule has 1 amide bonds. The molecule has 1 unspecified atom stereocenters. The van der Waals surface area contributed by atoms with E-state index in [1.54, 1.807) is 0 Å². The first-order chi connectivity index (χ1) is 7.79. The van der Waals surface area contributed by atoms with Gasteiger partial charge in [-0.1, -0.05) is 0 Å². The lowest BCUT2D eigenvalue weighted by Gasteiger charge is -2.20. The fraction of sp³-hybridized carbons (Fsp3) is 0.917. The lowest BCUT2D eigenvalue weighted by Crippen LogP contribution is -2.34. The summed E-state index contributed by atoms with van der Waals surface area (Å²) < 4.78 is 5.09. The molecule has 0 aromatic heterocycles. The van der Waals surface area contributed by atoms with Crippen LogP contribution in [0.3, 0.4) is 0 Å². The Morgan fingerprint density at radius 2 is 2.00 bits per heavy atom. The van der Waals surface area contributed by atoms with Crippen LogP contribution >= 0.6 is 0 Å². The zero-order valence-corrected chi connectivity index (χ0v) is 10.8. The van der Waals surface area contributed by atoms with Crippen molar-refractivity contribution < 1.29 is 19.7 Å². The molecule has 0 bridgehead atoms. The summed E-state index contributed by atoms with van der Waals surface area (Å²) in [5, 5.41) is 21.6. The van der Waals surface area contributed by atoms with Crippen molar-refractivity contribution in [1.82, 2.24) is 5.32 Å². The highest BCUT2D eigenvalue weighted by Crippen LogP contribution is 2.28. The number of amides is 1. The highest BCUT2D eigenvalue weighted by atomic mass is 16.6. The Hall–Kier alpha value is -0.810. The normalized spacial score (nSPS) is 29.1. The van der Waals surface area contributed by atoms with Crippen LogP contribution in [0.5, 0.6) is 0 Å². The van der Waals surface area contributed by atoms with E-state index in [4.69, 9.17) is 4.74 Å². The molecule has 0 aromatic carbocycles. The van der Waals surface area contributed by atoms with Crippen LogP contribution in [0.15, 0.2) is 0 Å². The van der Waals surface area contributed by atoms with Gasteiger partial charge in [0.15, 0.2) is 0 Å². The molecule has 1 aliphatic carbocycles. The van der Waals surface area contributed by atoms with Crippen LogP contribution in [-0.4, -0.2) is 40.7 Å². The van der Waals surface area contributed by atoms with E-state index in [0.29, 0.717) is 19.4 Å². The van der Waals surface area contributed by atoms with E-state index in [-0.39, 0.29) is 5.92 Å². The van der Waals surface area contributed by atoms with Crippen molar-refractivity contribution in [2.24, 2.45) is 5.92 Å². The van der Waals surface area contributed by atoms with Crippen LogP contribution in [0.4, 0.5) is 4.79 Å². The first-order valence-corrected chi connectivity index (χ1v) is 6.12. The van der Waals surface area contributed by atoms with E-state index in [9.17, 15) is 15.0 Å². The van der Waals surface area contributed by atoms with Gasteiger partial charge in [0.1, 0.15) is 5.60 Å². The van der Waals surface area contributed by atoms with Gasteiger partial charge in [-0.2, -0.15) is 0 Å². The molecule has 0 saturated heterocycles. The SMILES string of the molecule is CC(C)(C)OC(=O)NCCC1CC[C@H](O)[C@@H]1O. The van der Waals surface area contributed by atoms with Crippen molar-refractivity contribution in [1.29, 1.82) is 0 Å². The number of nitrogens with one attached hydrogen (secondary N) is 1. The molecule has 1 rings (SSSR count). The minimum absolute atomic E-state index is 0.0694. The van der Waals surface area contributed by atoms with Gasteiger partial charge < -0.3 is 20.3 Å². The topological polar surface area (TPSA) is 78.8 Å². The summed E-state index contributed by atoms with van der Waals surface area (Å²) in [6.45, 7) is 5.89. The van der Waals surface area contributed by atoms with Crippen molar-refractivity contribution in [3.8, 4) is 0 Å². The van der Waals surface area contributed by atoms with E-state index >= 15 is 0 Å². The Bertz CT molecular complexity index is 262. The smallest absolute Gasteiger partial charge is 0.407 e. The molecule has 3 N–H and O–H groups in total. The summed E-state index contributed by atoms with van der Waals surface area (Å²) in [4.78, 5) is 11.3. The van der Waals surface area contributed by atoms with E-state index in [0.717, 1.165) is 6.42 Å². The van der Waals surface area contributed by atoms with Gasteiger partial charge in [0, 0.05) is 6.54 Å². The van der Waals surface area contributed by atoms with Crippen LogP contribution in [0.1, 0.15) is 40.0 Å². The van der Waals surface area contributed by atoms with Crippen LogP contribution in [-0.2, 0) is 4.74 Å². The second-order valence-corrected chi connectivity index (χ2v) is 5.61. The molecule has 0 aromatic rings. The summed E-state index contributed by atoms with van der Waals surface area (Å²) in [5.41, 5.74) is -0.493. The lowest BCUT2D eigenvalue weighted by atomic mass is 10.0. The Morgan fingerprint density at radius 1 is 1.35 bits per heavy atom. The van der Waals surface area contributed by atoms with E-state index in [1.165, 1.54) is 0 Å². The molecule has 0 radical (unpaired) electrons. The van der Waals surface area contributed by atoms with Crippen molar-refractivity contribution in [3.63, 3.8) is 0 Å². The maximum Gasteiger partial charge on any atom is 0.407 e. The molecule has 5 nitrogen and oxygen atoms in total. The fourth-order valence-corrected chi connectivity index (χ4v) is 2.03. The predicted molar refractivity (Wildman–Crippen MR) is 63.6 cm³/mol. The predicted octanol–water partition coefficient (Wildman–Crippen LogP) is 1.03. The average Bonchev–Trinajstić information content (AvgIpc) is 2.46. The van der Waals surface area contributed by atoms with E-state index < -0.39 is 23.9 Å². The minimum atomic E-state index is -0.657. The summed E-state index contributed by atoms with van der Waals surface area (Å²) in [7, 11) is 0. The summed E-state index contributed by atoms with van der Waals surface area (Å²) in [6.07, 6.45) is 0.399. The highest BCUT2D eigenvalue weighted by molar-refractivity contribution is 5.67. The summed E-state index contributed by atoms with van der Waals surface area (Å²) in [5.74, 6) is 0.0694. The van der Waals surface area contributed by atoms with Crippen molar-refractivity contribution in [2.75, 3.05) is 6.54 Å². The number of rotatable bonds is 3. The number of alkyl carbamates (subject to hydrolysis) is 1. The highest BCUT2D eigenvalue weighted by Gasteiger charge is 2.32. The molecule has 1 aliphatic rings. The molecule has 0 spiro atoms. The van der Waals surface area contributed by atoms with Crippen molar-refractivity contribution in [3.05, 3.63) is 0 Å². The van der Waals surface area contributed by atoms with Gasteiger partial charge in [0.25, 0.3) is 0 Å². The maximum absolute atomic E-state index is 11.3. The van der Waals surface area contributed by atoms with Crippen LogP contribution in [0.25, 0.3) is 0 Å². The van der Waals surface area contributed by atoms with Gasteiger partial charge in [-0.15, -0.1) is 0 Å². The zero-order chi connectivity index (χ0) is 13.1. The van der Waals surface area contributed by atoms with Crippen LogP contribution in [0.2, 0.25) is 0 Å². The Kier molecular flexibility index (Phi) is 4.77. The summed E-state index contributed by atoms with van der Waals surface area (Å²) in [6, 6.07) is 0. The molecule has 17 heavy (non-hydrogen) atoms. The second kappa shape index (κ2) is 5.69. The standard InChI is InChI=1S/C12H23NO4/c1-12(2,3)17-11(16)13-7-6-8-4-5-9(14)10(8)15/h8-10,14-15H,4-7H2,1-3H3,(H,13,16)/t8?,9-,10+/m0/s1. The number of carbonyl (C=O) groups is 1. The molecule has 5 heteroatoms. The first kappa shape index (κ1) is 14.3. The number of carbonyl (C=O) groups excluding carboxylic acids is 1. The van der Waals surface area contributed by atoms with E-state index in [1.807, 2.05) is 20.8 Å². The zero-order valence-electron chi connectivity index (χ0n) is 10.8. The van der Waals surface area contributed by atoms with Crippen LogP contribution < -0.4 is 5.32 Å². The van der Waals surface area contributed by atoms with Gasteiger partial charge >= 0.3 is 6.09 Å². The van der Waals surface area contributed by atoms with Gasteiger partial charge in [0.05, 0.1) is 12.2 Å². The Labute approximate surface area is 102 Å². The molecule has 1 fully saturated rings. The second-order valence-electron chi connectivity index (χ2n) is 5.61. The van der Waals surface area contributed by atoms with E-state index in [2.05, 4.69) is 5.32 Å². The molecule has 3 atom stereocenters. The number of aliphatic hydroxyl groups excluding tert-OH is 2. The number of hydrogen-bond acceptors (Lipinski definition) is 4. The Balaban J connectivity index is 2.18. The maximum atomic E-state index is 11.3. The van der Waals surface area contributed by atoms with Gasteiger partial charge in [-0.3, -0.25) is 0 Å². The van der Waals surface area contributed by atoms with Gasteiger partial charge in [-0.05, 0) is 46.0 Å². The Morgan fingerprint density at radius 3 is 2.47 bits per heavy atom. The molecule has 0 aliphatic heterocycles. The third-order valence-corrected chi connectivity index (χ3v) is 2.89. The first-order valence-electron chi connectivity index (χ1n) is 6.12. The molecule has 1 saturated carbocycles. The number of aliphatic hydroxyl groups is 2. The third-order valence-electron chi connectivity index (χ3n) is 2.89. The van der Waals surface area contributed by atoms with Crippen molar-refractivity contribution >= 4 is 6.09 Å². The monoisotopic (exact) mass is 245 g/mol. The number of ether oxygens (including phenoxy) is 1. The van der Waals surface area contributed by atoms with Crippen molar-refractivity contribution in [2.45, 2.75) is 57.8 Å². The fourth-order valence-electron chi connectivity index (χ4n) is 2.03. The largest absolute Gasteiger partial charge is 0.444 e. The quantitative estimate of drug-likeness (QED) is 0.694. The number of hydrogen-bond donors (Lipinski definition) is 3. The lowest BCUT2D eigenvalue weighted by molar-refractivity contribution is 0.0182. The average molecular weight is 245 g/mol. The molecule has 0 heterocycles. The molecular weight excluding hydrogens is 222 g/mol. The van der Waals surface area contributed by atoms with Gasteiger partial charge in [-0.25, -0.2) is 4.79 Å². The van der Waals surface area contributed by atoms with Crippen LogP contribution in [0, 0.1) is 5.92 Å². The minimum Gasteiger partial charge on any atom is -0.444 e. The van der Waals surface area contributed by atoms with Gasteiger partial charge in [0.2, 0.25) is 0 Å². The molecular formula is C12H23NO4.